The number of nitrogens with zero attached hydrogens (tertiary/aromatic N) is 2. The first kappa shape index (κ1) is 19.3. The van der Waals surface area contributed by atoms with Gasteiger partial charge in [-0.1, -0.05) is 11.6 Å². The summed E-state index contributed by atoms with van der Waals surface area (Å²) in [5.74, 6) is -1.69. The molecular weight excluding hydrogens is 416 g/mol. The van der Waals surface area contributed by atoms with Gasteiger partial charge in [0.05, 0.1) is 19.1 Å². The number of halogens is 3. The molecule has 3 atom stereocenters. The normalized spacial score (nSPS) is 27.5. The molecule has 0 bridgehead atoms. The molecule has 2 aromatic carbocycles. The summed E-state index contributed by atoms with van der Waals surface area (Å²) in [6.45, 7) is 0.719. The lowest BCUT2D eigenvalue weighted by Crippen LogP contribution is -2.56. The second-order valence-corrected chi connectivity index (χ2v) is 8.15. The predicted molar refractivity (Wildman–Crippen MR) is 106 cm³/mol. The van der Waals surface area contributed by atoms with Crippen LogP contribution >= 0.6 is 11.6 Å². The van der Waals surface area contributed by atoms with Crippen molar-refractivity contribution in [2.24, 2.45) is 16.6 Å². The van der Waals surface area contributed by atoms with Crippen LogP contribution < -0.4 is 10.5 Å². The van der Waals surface area contributed by atoms with E-state index in [2.05, 4.69) is 4.99 Å². The van der Waals surface area contributed by atoms with Gasteiger partial charge in [-0.05, 0) is 29.8 Å². The van der Waals surface area contributed by atoms with Gasteiger partial charge >= 0.3 is 0 Å². The van der Waals surface area contributed by atoms with E-state index >= 15 is 4.39 Å². The van der Waals surface area contributed by atoms with Crippen LogP contribution in [0.5, 0.6) is 5.75 Å². The van der Waals surface area contributed by atoms with E-state index in [1.54, 1.807) is 7.05 Å². The highest BCUT2D eigenvalue weighted by molar-refractivity contribution is 6.30. The summed E-state index contributed by atoms with van der Waals surface area (Å²) in [6, 6.07) is 6.47. The second-order valence-electron chi connectivity index (χ2n) is 7.71. The van der Waals surface area contributed by atoms with Crippen LogP contribution in [0.2, 0.25) is 5.02 Å². The van der Waals surface area contributed by atoms with Crippen molar-refractivity contribution in [3.63, 3.8) is 0 Å². The molecule has 5 rings (SSSR count). The first-order chi connectivity index (χ1) is 14.3. The Labute approximate surface area is 176 Å². The van der Waals surface area contributed by atoms with Gasteiger partial charge in [0.1, 0.15) is 23.5 Å². The number of rotatable bonds is 1. The van der Waals surface area contributed by atoms with Crippen molar-refractivity contribution in [2.45, 2.75) is 18.1 Å². The predicted octanol–water partition coefficient (Wildman–Crippen LogP) is 3.06. The zero-order valence-corrected chi connectivity index (χ0v) is 16.7. The van der Waals surface area contributed by atoms with Crippen molar-refractivity contribution in [1.29, 1.82) is 0 Å². The fourth-order valence-electron chi connectivity index (χ4n) is 4.57. The number of fused-ring (bicyclic) bond motifs is 4. The molecule has 3 aliphatic heterocycles. The van der Waals surface area contributed by atoms with Gasteiger partial charge in [0.2, 0.25) is 0 Å². The van der Waals surface area contributed by atoms with Crippen LogP contribution in [-0.2, 0) is 15.1 Å². The standard InChI is InChI=1S/C21H18ClF2N3O3/c1-27-19(28)21(26-20(27)25)14-7-13(10-4-11(22)6-12(23)5-10)16(24)8-18(14)30-17-2-3-29-9-15(17)21/h4-8,15,17H,2-3,9H2,1H3,(H2,25,26)/t15-,17+,21+/m1/s1. The molecule has 0 saturated carbocycles. The summed E-state index contributed by atoms with van der Waals surface area (Å²) in [5, 5.41) is 0.132. The number of aliphatic imine (C=N–C) groups is 1. The van der Waals surface area contributed by atoms with Gasteiger partial charge in [-0.3, -0.25) is 9.69 Å². The van der Waals surface area contributed by atoms with Crippen LogP contribution in [-0.4, -0.2) is 43.1 Å². The van der Waals surface area contributed by atoms with E-state index in [0.29, 0.717) is 18.6 Å². The smallest absolute Gasteiger partial charge is 0.262 e. The van der Waals surface area contributed by atoms with E-state index in [1.807, 2.05) is 0 Å². The summed E-state index contributed by atoms with van der Waals surface area (Å²) in [5.41, 5.74) is 5.32. The van der Waals surface area contributed by atoms with Gasteiger partial charge in [-0.25, -0.2) is 13.8 Å². The molecule has 2 N–H and O–H groups in total. The number of carbonyl (C=O) groups is 1. The first-order valence-electron chi connectivity index (χ1n) is 9.49. The fraction of sp³-hybridized carbons (Fsp3) is 0.333. The molecule has 9 heteroatoms. The van der Waals surface area contributed by atoms with Crippen LogP contribution in [0.25, 0.3) is 11.1 Å². The van der Waals surface area contributed by atoms with Gasteiger partial charge in [-0.15, -0.1) is 0 Å². The SMILES string of the molecule is CN1C(=O)[C@]2(N=C1N)c1cc(-c3cc(F)cc(Cl)c3)c(F)cc1O[C@H]1CCOC[C@H]12. The Balaban J connectivity index is 1.76. The molecule has 0 radical (unpaired) electrons. The third kappa shape index (κ3) is 2.63. The molecule has 1 saturated heterocycles. The Hall–Kier alpha value is -2.71. The van der Waals surface area contributed by atoms with Gasteiger partial charge in [0.25, 0.3) is 5.91 Å². The summed E-state index contributed by atoms with van der Waals surface area (Å²) >= 11 is 5.97. The van der Waals surface area contributed by atoms with Crippen molar-refractivity contribution in [2.75, 3.05) is 20.3 Å². The van der Waals surface area contributed by atoms with Crippen molar-refractivity contribution >= 4 is 23.5 Å². The molecule has 156 valence electrons. The van der Waals surface area contributed by atoms with E-state index in [0.717, 1.165) is 6.07 Å². The minimum Gasteiger partial charge on any atom is -0.489 e. The van der Waals surface area contributed by atoms with Crippen LogP contribution in [0.15, 0.2) is 35.3 Å². The topological polar surface area (TPSA) is 77.2 Å². The maximum Gasteiger partial charge on any atom is 0.262 e. The number of likely N-dealkylation sites (N-methyl/N-ethyl adjacent to an activating group) is 1. The monoisotopic (exact) mass is 433 g/mol. The molecule has 6 nitrogen and oxygen atoms in total. The molecular formula is C21H18ClF2N3O3. The highest BCUT2D eigenvalue weighted by Gasteiger charge is 2.60. The molecule has 30 heavy (non-hydrogen) atoms. The number of ether oxygens (including phenoxy) is 2. The molecule has 3 heterocycles. The van der Waals surface area contributed by atoms with Gasteiger partial charge in [0, 0.05) is 35.7 Å². The quantitative estimate of drug-likeness (QED) is 0.749. The van der Waals surface area contributed by atoms with E-state index in [9.17, 15) is 9.18 Å². The number of carbonyl (C=O) groups excluding carboxylic acids is 1. The van der Waals surface area contributed by atoms with Gasteiger partial charge < -0.3 is 15.2 Å². The van der Waals surface area contributed by atoms with E-state index in [4.69, 9.17) is 26.8 Å². The lowest BCUT2D eigenvalue weighted by atomic mass is 9.71. The summed E-state index contributed by atoms with van der Waals surface area (Å²) < 4.78 is 40.7. The number of guanidine groups is 1. The molecule has 3 aliphatic rings. The Kier molecular flexibility index (Phi) is 4.27. The first-order valence-corrected chi connectivity index (χ1v) is 9.87. The minimum absolute atomic E-state index is 0.0665. The van der Waals surface area contributed by atoms with Crippen LogP contribution in [0.3, 0.4) is 0 Å². The van der Waals surface area contributed by atoms with Crippen molar-refractivity contribution < 1.29 is 23.0 Å². The Morgan fingerprint density at radius 2 is 2.07 bits per heavy atom. The summed E-state index contributed by atoms with van der Waals surface area (Å²) in [4.78, 5) is 19.2. The highest BCUT2D eigenvalue weighted by atomic mass is 35.5. The van der Waals surface area contributed by atoms with Crippen molar-refractivity contribution in [3.05, 3.63) is 52.6 Å². The molecule has 2 aromatic rings. The minimum atomic E-state index is -1.39. The number of hydrogen-bond donors (Lipinski definition) is 1. The van der Waals surface area contributed by atoms with Gasteiger partial charge in [0.15, 0.2) is 11.5 Å². The summed E-state index contributed by atoms with van der Waals surface area (Å²) in [7, 11) is 1.54. The lowest BCUT2D eigenvalue weighted by molar-refractivity contribution is -0.141. The Morgan fingerprint density at radius 3 is 2.77 bits per heavy atom. The zero-order chi connectivity index (χ0) is 21.2. The van der Waals surface area contributed by atoms with Gasteiger partial charge in [-0.2, -0.15) is 0 Å². The van der Waals surface area contributed by atoms with Crippen LogP contribution in [0, 0.1) is 17.6 Å². The molecule has 1 spiro atoms. The zero-order valence-electron chi connectivity index (χ0n) is 16.0. The third-order valence-electron chi connectivity index (χ3n) is 6.03. The highest BCUT2D eigenvalue weighted by Crippen LogP contribution is 2.52. The van der Waals surface area contributed by atoms with E-state index in [1.165, 1.54) is 29.2 Å². The van der Waals surface area contributed by atoms with Crippen LogP contribution in [0.1, 0.15) is 12.0 Å². The second kappa shape index (κ2) is 6.65. The maximum atomic E-state index is 15.1. The average molecular weight is 434 g/mol. The van der Waals surface area contributed by atoms with E-state index < -0.39 is 23.1 Å². The Bertz CT molecular complexity index is 1090. The molecule has 1 fully saturated rings. The average Bonchev–Trinajstić information content (AvgIpc) is 2.92. The Morgan fingerprint density at radius 1 is 1.27 bits per heavy atom. The molecule has 1 amide bonds. The number of benzene rings is 2. The van der Waals surface area contributed by atoms with Crippen LogP contribution in [0.4, 0.5) is 8.78 Å². The summed E-state index contributed by atoms with van der Waals surface area (Å²) in [6.07, 6.45) is 0.174. The number of nitrogens with two attached hydrogens (primary N) is 1. The third-order valence-corrected chi connectivity index (χ3v) is 6.24. The van der Waals surface area contributed by atoms with Crippen molar-refractivity contribution in [1.82, 2.24) is 4.90 Å². The van der Waals surface area contributed by atoms with Crippen molar-refractivity contribution in [3.8, 4) is 16.9 Å². The number of amides is 1. The molecule has 0 aliphatic carbocycles. The number of hydrogen-bond acceptors (Lipinski definition) is 5. The lowest BCUT2D eigenvalue weighted by Gasteiger charge is -2.45. The van der Waals surface area contributed by atoms with E-state index in [-0.39, 0.29) is 46.5 Å². The molecule has 0 aromatic heterocycles. The largest absolute Gasteiger partial charge is 0.489 e. The molecule has 0 unspecified atom stereocenters. The fourth-order valence-corrected chi connectivity index (χ4v) is 4.79. The maximum absolute atomic E-state index is 15.1.